The van der Waals surface area contributed by atoms with Crippen LogP contribution in [-0.4, -0.2) is 14.9 Å². The Morgan fingerprint density at radius 1 is 1.39 bits per heavy atom. The van der Waals surface area contributed by atoms with Gasteiger partial charge in [0.2, 0.25) is 5.82 Å². The topological polar surface area (TPSA) is 81.0 Å². The molecule has 2 aromatic rings. The van der Waals surface area contributed by atoms with Gasteiger partial charge in [0.05, 0.1) is 4.92 Å². The van der Waals surface area contributed by atoms with Crippen molar-refractivity contribution in [3.05, 3.63) is 57.5 Å². The lowest BCUT2D eigenvalue weighted by Crippen LogP contribution is -2.05. The van der Waals surface area contributed by atoms with E-state index in [1.54, 1.807) is 18.5 Å². The molecule has 0 amide bonds. The molecule has 2 rings (SSSR count). The monoisotopic (exact) mass is 264 g/mol. The van der Waals surface area contributed by atoms with E-state index >= 15 is 0 Å². The minimum atomic E-state index is -0.555. The summed E-state index contributed by atoms with van der Waals surface area (Å²) in [5.41, 5.74) is 0.677. The van der Waals surface area contributed by atoms with Crippen molar-refractivity contribution in [1.29, 1.82) is 0 Å². The van der Waals surface area contributed by atoms with Crippen LogP contribution in [0.5, 0.6) is 0 Å². The average molecular weight is 265 g/mol. The van der Waals surface area contributed by atoms with Crippen molar-refractivity contribution in [2.75, 3.05) is 5.32 Å². The van der Waals surface area contributed by atoms with Crippen molar-refractivity contribution in [2.45, 2.75) is 6.54 Å². The van der Waals surface area contributed by atoms with E-state index in [0.717, 1.165) is 5.56 Å². The summed E-state index contributed by atoms with van der Waals surface area (Å²) in [5, 5.41) is 13.8. The summed E-state index contributed by atoms with van der Waals surface area (Å²) in [6.07, 6.45) is 4.74. The predicted molar refractivity (Wildman–Crippen MR) is 67.5 cm³/mol. The highest BCUT2D eigenvalue weighted by atomic mass is 35.5. The Labute approximate surface area is 108 Å². The van der Waals surface area contributed by atoms with Crippen molar-refractivity contribution < 1.29 is 4.92 Å². The summed E-state index contributed by atoms with van der Waals surface area (Å²) >= 11 is 5.77. The van der Waals surface area contributed by atoms with Gasteiger partial charge in [-0.3, -0.25) is 15.1 Å². The van der Waals surface area contributed by atoms with Crippen LogP contribution in [-0.2, 0) is 6.54 Å². The lowest BCUT2D eigenvalue weighted by molar-refractivity contribution is -0.384. The SMILES string of the molecule is O=[N+]([O-])c1c(Cl)ccnc1NCc1cccnc1. The fourth-order valence-electron chi connectivity index (χ4n) is 1.42. The summed E-state index contributed by atoms with van der Waals surface area (Å²) in [5.74, 6) is 0.149. The van der Waals surface area contributed by atoms with Gasteiger partial charge in [-0.25, -0.2) is 4.98 Å². The summed E-state index contributed by atoms with van der Waals surface area (Å²) in [6, 6.07) is 5.03. The number of hydrogen-bond acceptors (Lipinski definition) is 5. The number of anilines is 1. The molecular formula is C11H9ClN4O2. The molecule has 0 saturated carbocycles. The average Bonchev–Trinajstić information content (AvgIpc) is 2.37. The quantitative estimate of drug-likeness (QED) is 0.678. The molecule has 0 unspecified atom stereocenters. The number of nitrogens with zero attached hydrogens (tertiary/aromatic N) is 3. The molecule has 0 aliphatic rings. The van der Waals surface area contributed by atoms with E-state index in [0.29, 0.717) is 6.54 Å². The van der Waals surface area contributed by atoms with Crippen LogP contribution in [0.25, 0.3) is 0 Å². The molecule has 0 atom stereocenters. The van der Waals surface area contributed by atoms with Crippen LogP contribution in [0.15, 0.2) is 36.8 Å². The van der Waals surface area contributed by atoms with E-state index in [1.165, 1.54) is 12.3 Å². The minimum Gasteiger partial charge on any atom is -0.360 e. The molecule has 0 aliphatic heterocycles. The Morgan fingerprint density at radius 3 is 2.89 bits per heavy atom. The molecule has 0 radical (unpaired) electrons. The highest BCUT2D eigenvalue weighted by Crippen LogP contribution is 2.30. The number of halogens is 1. The summed E-state index contributed by atoms with van der Waals surface area (Å²) < 4.78 is 0. The second kappa shape index (κ2) is 5.42. The van der Waals surface area contributed by atoms with Crippen molar-refractivity contribution in [1.82, 2.24) is 9.97 Å². The predicted octanol–water partition coefficient (Wildman–Crippen LogP) is 2.65. The maximum absolute atomic E-state index is 10.9. The van der Waals surface area contributed by atoms with Gasteiger partial charge in [0.15, 0.2) is 0 Å². The lowest BCUT2D eigenvalue weighted by Gasteiger charge is -2.06. The third-order valence-electron chi connectivity index (χ3n) is 2.24. The lowest BCUT2D eigenvalue weighted by atomic mass is 10.3. The van der Waals surface area contributed by atoms with Gasteiger partial charge in [-0.1, -0.05) is 17.7 Å². The zero-order valence-corrected chi connectivity index (χ0v) is 9.96. The van der Waals surface area contributed by atoms with Crippen LogP contribution in [0.1, 0.15) is 5.56 Å². The van der Waals surface area contributed by atoms with Crippen molar-refractivity contribution >= 4 is 23.1 Å². The van der Waals surface area contributed by atoms with E-state index in [-0.39, 0.29) is 16.5 Å². The largest absolute Gasteiger partial charge is 0.360 e. The van der Waals surface area contributed by atoms with Gasteiger partial charge in [0.25, 0.3) is 0 Å². The van der Waals surface area contributed by atoms with Gasteiger partial charge >= 0.3 is 5.69 Å². The third-order valence-corrected chi connectivity index (χ3v) is 2.55. The molecule has 0 spiro atoms. The first-order valence-electron chi connectivity index (χ1n) is 5.10. The zero-order chi connectivity index (χ0) is 13.0. The Bertz CT molecular complexity index is 562. The van der Waals surface area contributed by atoms with Crippen LogP contribution >= 0.6 is 11.6 Å². The molecule has 18 heavy (non-hydrogen) atoms. The van der Waals surface area contributed by atoms with Crippen LogP contribution in [0.3, 0.4) is 0 Å². The van der Waals surface area contributed by atoms with Gasteiger partial charge in [-0.15, -0.1) is 0 Å². The first kappa shape index (κ1) is 12.3. The van der Waals surface area contributed by atoms with Gasteiger partial charge in [0, 0.05) is 25.1 Å². The minimum absolute atomic E-state index is 0.0590. The number of rotatable bonds is 4. The Balaban J connectivity index is 2.20. The molecule has 0 saturated heterocycles. The summed E-state index contributed by atoms with van der Waals surface area (Å²) in [7, 11) is 0. The van der Waals surface area contributed by atoms with Gasteiger partial charge in [-0.2, -0.15) is 0 Å². The number of nitrogens with one attached hydrogen (secondary N) is 1. The molecule has 2 aromatic heterocycles. The van der Waals surface area contributed by atoms with Crippen LogP contribution < -0.4 is 5.32 Å². The number of aromatic nitrogens is 2. The Kier molecular flexibility index (Phi) is 3.69. The normalized spacial score (nSPS) is 10.1. The number of pyridine rings is 2. The molecule has 1 N–H and O–H groups in total. The Hall–Kier alpha value is -2.21. The van der Waals surface area contributed by atoms with Crippen LogP contribution in [0.2, 0.25) is 5.02 Å². The summed E-state index contributed by atoms with van der Waals surface area (Å²) in [4.78, 5) is 18.2. The molecule has 92 valence electrons. The van der Waals surface area contributed by atoms with E-state index in [9.17, 15) is 10.1 Å². The fraction of sp³-hybridized carbons (Fsp3) is 0.0909. The maximum Gasteiger partial charge on any atom is 0.329 e. The van der Waals surface area contributed by atoms with Crippen molar-refractivity contribution in [3.8, 4) is 0 Å². The van der Waals surface area contributed by atoms with E-state index in [2.05, 4.69) is 15.3 Å². The van der Waals surface area contributed by atoms with E-state index in [4.69, 9.17) is 11.6 Å². The van der Waals surface area contributed by atoms with Gasteiger partial charge in [-0.05, 0) is 17.7 Å². The smallest absolute Gasteiger partial charge is 0.329 e. The number of hydrogen-bond donors (Lipinski definition) is 1. The molecule has 6 nitrogen and oxygen atoms in total. The number of nitro groups is 1. The highest BCUT2D eigenvalue weighted by molar-refractivity contribution is 6.33. The van der Waals surface area contributed by atoms with Crippen molar-refractivity contribution in [3.63, 3.8) is 0 Å². The molecule has 0 aliphatic carbocycles. The summed E-state index contributed by atoms with van der Waals surface area (Å²) in [6.45, 7) is 0.391. The van der Waals surface area contributed by atoms with Crippen LogP contribution in [0, 0.1) is 10.1 Å². The van der Waals surface area contributed by atoms with Gasteiger partial charge < -0.3 is 5.32 Å². The first-order chi connectivity index (χ1) is 8.68. The first-order valence-corrected chi connectivity index (χ1v) is 5.48. The Morgan fingerprint density at radius 2 is 2.22 bits per heavy atom. The van der Waals surface area contributed by atoms with Gasteiger partial charge in [0.1, 0.15) is 5.02 Å². The standard InChI is InChI=1S/C11H9ClN4O2/c12-9-3-5-14-11(10(9)16(17)18)15-7-8-2-1-4-13-6-8/h1-6H,7H2,(H,14,15). The molecule has 7 heteroatoms. The zero-order valence-electron chi connectivity index (χ0n) is 9.21. The second-order valence-corrected chi connectivity index (χ2v) is 3.87. The molecular weight excluding hydrogens is 256 g/mol. The van der Waals surface area contributed by atoms with Crippen LogP contribution in [0.4, 0.5) is 11.5 Å². The molecule has 0 bridgehead atoms. The molecule has 0 aromatic carbocycles. The fourth-order valence-corrected chi connectivity index (χ4v) is 1.64. The molecule has 0 fully saturated rings. The second-order valence-electron chi connectivity index (χ2n) is 3.46. The molecule has 2 heterocycles. The highest BCUT2D eigenvalue weighted by Gasteiger charge is 2.19. The third kappa shape index (κ3) is 2.72. The van der Waals surface area contributed by atoms with Crippen molar-refractivity contribution in [2.24, 2.45) is 0 Å². The van der Waals surface area contributed by atoms with E-state index < -0.39 is 4.92 Å². The maximum atomic E-state index is 10.9. The van der Waals surface area contributed by atoms with E-state index in [1.807, 2.05) is 6.07 Å².